The summed E-state index contributed by atoms with van der Waals surface area (Å²) in [5.74, 6) is 1.58. The lowest BCUT2D eigenvalue weighted by atomic mass is 10.2. The highest BCUT2D eigenvalue weighted by atomic mass is 16.5. The third-order valence-corrected chi connectivity index (χ3v) is 4.23. The van der Waals surface area contributed by atoms with Crippen molar-refractivity contribution in [2.24, 2.45) is 0 Å². The SMILES string of the molecule is CCc1nc(C2CN(C(=O)CCn3nc(C)cc3C)CCO2)n[nH]1. The molecule has 0 aromatic carbocycles. The summed E-state index contributed by atoms with van der Waals surface area (Å²) in [5.41, 5.74) is 2.05. The maximum Gasteiger partial charge on any atom is 0.224 e. The first-order valence-electron chi connectivity index (χ1n) is 8.38. The second-order valence-corrected chi connectivity index (χ2v) is 6.09. The number of carbonyl (C=O) groups is 1. The maximum absolute atomic E-state index is 12.5. The second-order valence-electron chi connectivity index (χ2n) is 6.09. The Balaban J connectivity index is 1.57. The molecule has 0 aliphatic carbocycles. The van der Waals surface area contributed by atoms with E-state index < -0.39 is 0 Å². The van der Waals surface area contributed by atoms with Gasteiger partial charge in [0, 0.05) is 31.6 Å². The Kier molecular flexibility index (Phi) is 4.94. The lowest BCUT2D eigenvalue weighted by Crippen LogP contribution is -2.42. The van der Waals surface area contributed by atoms with Crippen molar-refractivity contribution in [1.29, 1.82) is 0 Å². The number of ether oxygens (including phenoxy) is 1. The number of nitrogens with zero attached hydrogens (tertiary/aromatic N) is 5. The monoisotopic (exact) mass is 332 g/mol. The highest BCUT2D eigenvalue weighted by molar-refractivity contribution is 5.76. The summed E-state index contributed by atoms with van der Waals surface area (Å²) < 4.78 is 7.61. The van der Waals surface area contributed by atoms with Crippen LogP contribution in [0.25, 0.3) is 0 Å². The van der Waals surface area contributed by atoms with Gasteiger partial charge in [0.15, 0.2) is 5.82 Å². The maximum atomic E-state index is 12.5. The van der Waals surface area contributed by atoms with Crippen molar-refractivity contribution < 1.29 is 9.53 Å². The van der Waals surface area contributed by atoms with Gasteiger partial charge in [0.1, 0.15) is 11.9 Å². The molecule has 2 aromatic heterocycles. The van der Waals surface area contributed by atoms with Crippen LogP contribution in [0.1, 0.15) is 42.5 Å². The van der Waals surface area contributed by atoms with Crippen LogP contribution >= 0.6 is 0 Å². The summed E-state index contributed by atoms with van der Waals surface area (Å²) in [7, 11) is 0. The third-order valence-electron chi connectivity index (χ3n) is 4.23. The number of amides is 1. The fraction of sp³-hybridized carbons (Fsp3) is 0.625. The van der Waals surface area contributed by atoms with Crippen molar-refractivity contribution in [3.8, 4) is 0 Å². The molecule has 1 saturated heterocycles. The lowest BCUT2D eigenvalue weighted by molar-refractivity contribution is -0.139. The molecule has 1 fully saturated rings. The summed E-state index contributed by atoms with van der Waals surface area (Å²) in [6.45, 7) is 8.19. The van der Waals surface area contributed by atoms with Crippen molar-refractivity contribution in [3.63, 3.8) is 0 Å². The number of carbonyl (C=O) groups excluding carboxylic acids is 1. The molecular formula is C16H24N6O2. The summed E-state index contributed by atoms with van der Waals surface area (Å²) >= 11 is 0. The Hall–Kier alpha value is -2.22. The van der Waals surface area contributed by atoms with Gasteiger partial charge in [-0.2, -0.15) is 10.2 Å². The van der Waals surface area contributed by atoms with E-state index in [1.165, 1.54) is 0 Å². The van der Waals surface area contributed by atoms with Crippen LogP contribution < -0.4 is 0 Å². The van der Waals surface area contributed by atoms with E-state index in [2.05, 4.69) is 20.3 Å². The predicted molar refractivity (Wildman–Crippen MR) is 87.4 cm³/mol. The zero-order chi connectivity index (χ0) is 17.1. The van der Waals surface area contributed by atoms with Crippen molar-refractivity contribution in [2.45, 2.75) is 46.3 Å². The van der Waals surface area contributed by atoms with E-state index in [0.717, 1.165) is 23.6 Å². The molecule has 130 valence electrons. The molecule has 0 radical (unpaired) electrons. The van der Waals surface area contributed by atoms with Crippen LogP contribution in [0.4, 0.5) is 0 Å². The number of aromatic nitrogens is 5. The zero-order valence-corrected chi connectivity index (χ0v) is 14.4. The molecule has 1 aliphatic heterocycles. The van der Waals surface area contributed by atoms with Gasteiger partial charge < -0.3 is 9.64 Å². The van der Waals surface area contributed by atoms with Crippen LogP contribution in [-0.2, 0) is 22.5 Å². The molecule has 8 nitrogen and oxygen atoms in total. The Morgan fingerprint density at radius 2 is 2.29 bits per heavy atom. The number of aromatic amines is 1. The molecule has 8 heteroatoms. The fourth-order valence-electron chi connectivity index (χ4n) is 2.91. The minimum Gasteiger partial charge on any atom is -0.366 e. The number of aryl methyl sites for hydroxylation is 4. The van der Waals surface area contributed by atoms with Gasteiger partial charge in [0.25, 0.3) is 0 Å². The molecule has 0 bridgehead atoms. The highest BCUT2D eigenvalue weighted by Gasteiger charge is 2.27. The molecule has 0 saturated carbocycles. The van der Waals surface area contributed by atoms with Gasteiger partial charge in [-0.3, -0.25) is 14.6 Å². The van der Waals surface area contributed by atoms with Crippen LogP contribution in [-0.4, -0.2) is 55.5 Å². The van der Waals surface area contributed by atoms with Crippen LogP contribution in [0.3, 0.4) is 0 Å². The molecule has 2 aromatic rings. The van der Waals surface area contributed by atoms with E-state index in [-0.39, 0.29) is 12.0 Å². The quantitative estimate of drug-likeness (QED) is 0.888. The highest BCUT2D eigenvalue weighted by Crippen LogP contribution is 2.20. The Morgan fingerprint density at radius 3 is 2.96 bits per heavy atom. The predicted octanol–water partition coefficient (Wildman–Crippen LogP) is 1.17. The van der Waals surface area contributed by atoms with Crippen molar-refractivity contribution in [1.82, 2.24) is 29.9 Å². The second kappa shape index (κ2) is 7.12. The Morgan fingerprint density at radius 1 is 1.46 bits per heavy atom. The summed E-state index contributed by atoms with van der Waals surface area (Å²) in [5, 5.41) is 11.5. The van der Waals surface area contributed by atoms with Gasteiger partial charge in [0.05, 0.1) is 18.8 Å². The zero-order valence-electron chi connectivity index (χ0n) is 14.4. The first kappa shape index (κ1) is 16.6. The van der Waals surface area contributed by atoms with Gasteiger partial charge >= 0.3 is 0 Å². The van der Waals surface area contributed by atoms with Gasteiger partial charge in [-0.05, 0) is 19.9 Å². The van der Waals surface area contributed by atoms with Gasteiger partial charge in [-0.15, -0.1) is 0 Å². The van der Waals surface area contributed by atoms with Crippen molar-refractivity contribution >= 4 is 5.91 Å². The number of hydrogen-bond acceptors (Lipinski definition) is 5. The molecule has 0 spiro atoms. The number of hydrogen-bond donors (Lipinski definition) is 1. The first-order chi connectivity index (χ1) is 11.6. The average molecular weight is 332 g/mol. The van der Waals surface area contributed by atoms with E-state index in [4.69, 9.17) is 4.74 Å². The summed E-state index contributed by atoms with van der Waals surface area (Å²) in [6, 6.07) is 2.02. The smallest absolute Gasteiger partial charge is 0.224 e. The number of nitrogens with one attached hydrogen (secondary N) is 1. The first-order valence-corrected chi connectivity index (χ1v) is 8.38. The van der Waals surface area contributed by atoms with Crippen LogP contribution in [0, 0.1) is 13.8 Å². The van der Waals surface area contributed by atoms with Crippen molar-refractivity contribution in [2.75, 3.05) is 19.7 Å². The van der Waals surface area contributed by atoms with Gasteiger partial charge in [-0.25, -0.2) is 4.98 Å². The minimum absolute atomic E-state index is 0.113. The average Bonchev–Trinajstić information content (AvgIpc) is 3.19. The van der Waals surface area contributed by atoms with Gasteiger partial charge in [-0.1, -0.05) is 6.92 Å². The van der Waals surface area contributed by atoms with E-state index >= 15 is 0 Å². The molecule has 1 aliphatic rings. The van der Waals surface area contributed by atoms with Crippen molar-refractivity contribution in [3.05, 3.63) is 29.1 Å². The molecule has 24 heavy (non-hydrogen) atoms. The Bertz CT molecular complexity index is 707. The normalized spacial score (nSPS) is 18.1. The third kappa shape index (κ3) is 3.64. The largest absolute Gasteiger partial charge is 0.366 e. The summed E-state index contributed by atoms with van der Waals surface area (Å²) in [4.78, 5) is 18.8. The number of rotatable bonds is 5. The van der Waals surface area contributed by atoms with Crippen LogP contribution in [0.15, 0.2) is 6.07 Å². The molecule has 1 unspecified atom stereocenters. The molecule has 1 atom stereocenters. The van der Waals surface area contributed by atoms with Crippen LogP contribution in [0.5, 0.6) is 0 Å². The molecular weight excluding hydrogens is 308 g/mol. The van der Waals surface area contributed by atoms with E-state index in [1.54, 1.807) is 0 Å². The minimum atomic E-state index is -0.257. The Labute approximate surface area is 141 Å². The van der Waals surface area contributed by atoms with E-state index in [1.807, 2.05) is 36.4 Å². The topological polar surface area (TPSA) is 88.9 Å². The number of H-pyrrole nitrogens is 1. The van der Waals surface area contributed by atoms with E-state index in [9.17, 15) is 4.79 Å². The van der Waals surface area contributed by atoms with Gasteiger partial charge in [0.2, 0.25) is 5.91 Å². The number of morpholine rings is 1. The molecule has 1 amide bonds. The summed E-state index contributed by atoms with van der Waals surface area (Å²) in [6.07, 6.45) is 0.974. The molecule has 3 heterocycles. The molecule has 1 N–H and O–H groups in total. The van der Waals surface area contributed by atoms with E-state index in [0.29, 0.717) is 38.5 Å². The van der Waals surface area contributed by atoms with Crippen LogP contribution in [0.2, 0.25) is 0 Å². The fourth-order valence-corrected chi connectivity index (χ4v) is 2.91. The standard InChI is InChI=1S/C16H24N6O2/c1-4-14-17-16(19-18-14)13-10-21(7-8-24-13)15(23)5-6-22-12(3)9-11(2)20-22/h9,13H,4-8,10H2,1-3H3,(H,17,18,19). The lowest BCUT2D eigenvalue weighted by Gasteiger charge is -2.31. The molecule has 3 rings (SSSR count).